The lowest BCUT2D eigenvalue weighted by Gasteiger charge is -2.31. The van der Waals surface area contributed by atoms with Gasteiger partial charge in [-0.2, -0.15) is 0 Å². The van der Waals surface area contributed by atoms with Crippen molar-refractivity contribution in [2.75, 3.05) is 0 Å². The number of hydrogen-bond acceptors (Lipinski definition) is 4. The predicted molar refractivity (Wildman–Crippen MR) is 79.1 cm³/mol. The third-order valence-corrected chi connectivity index (χ3v) is 3.38. The molecule has 2 rings (SSSR count). The number of hydrogen-bond donors (Lipinski definition) is 1. The van der Waals surface area contributed by atoms with Crippen molar-refractivity contribution >= 4 is 16.7 Å². The van der Waals surface area contributed by atoms with Gasteiger partial charge in [0.25, 0.3) is 11.1 Å². The number of rotatable bonds is 3. The third kappa shape index (κ3) is 2.40. The molecule has 0 fully saturated rings. The van der Waals surface area contributed by atoms with E-state index in [1.54, 1.807) is 31.2 Å². The highest BCUT2D eigenvalue weighted by Crippen LogP contribution is 2.23. The number of esters is 1. The Hall–Kier alpha value is -2.63. The molecule has 0 bridgehead atoms. The van der Waals surface area contributed by atoms with Crippen LogP contribution in [0.15, 0.2) is 46.0 Å². The number of nitrogens with one attached hydrogen (secondary N) is 1. The maximum absolute atomic E-state index is 12.6. The molecular weight excluding hydrogens is 272 g/mol. The van der Waals surface area contributed by atoms with E-state index < -0.39 is 22.8 Å². The van der Waals surface area contributed by atoms with Crippen LogP contribution in [0.5, 0.6) is 0 Å². The second-order valence-corrected chi connectivity index (χ2v) is 4.98. The average molecular weight is 288 g/mol. The molecule has 110 valence electrons. The summed E-state index contributed by atoms with van der Waals surface area (Å²) in [5.41, 5.74) is -1.95. The molecular formula is C15H16N2O4. The minimum atomic E-state index is -1.45. The van der Waals surface area contributed by atoms with Gasteiger partial charge < -0.3 is 4.74 Å². The fourth-order valence-corrected chi connectivity index (χ4v) is 2.10. The maximum Gasteiger partial charge on any atom is 0.305 e. The van der Waals surface area contributed by atoms with Crippen molar-refractivity contribution in [1.29, 1.82) is 0 Å². The van der Waals surface area contributed by atoms with Crippen LogP contribution in [-0.4, -0.2) is 15.7 Å². The van der Waals surface area contributed by atoms with Crippen molar-refractivity contribution in [3.05, 3.63) is 57.1 Å². The van der Waals surface area contributed by atoms with Crippen LogP contribution < -0.4 is 11.1 Å². The molecule has 0 radical (unpaired) electrons. The first kappa shape index (κ1) is 14.8. The number of nitrogens with zero attached hydrogens (tertiary/aromatic N) is 1. The number of H-pyrrole nitrogens is 1. The normalized spacial score (nSPS) is 13.7. The highest BCUT2D eigenvalue weighted by molar-refractivity contribution is 5.80. The smallest absolute Gasteiger partial charge is 0.305 e. The summed E-state index contributed by atoms with van der Waals surface area (Å²) in [6, 6.07) is 6.45. The molecule has 1 N–H and O–H groups in total. The van der Waals surface area contributed by atoms with E-state index in [-0.39, 0.29) is 10.8 Å². The van der Waals surface area contributed by atoms with Crippen LogP contribution in [0, 0.1) is 0 Å². The molecule has 0 aliphatic rings. The summed E-state index contributed by atoms with van der Waals surface area (Å²) >= 11 is 0. The zero-order chi connectivity index (χ0) is 15.8. The second kappa shape index (κ2) is 5.05. The van der Waals surface area contributed by atoms with Crippen LogP contribution in [-0.2, 0) is 15.3 Å². The number of ether oxygens (including phenoxy) is 1. The van der Waals surface area contributed by atoms with Crippen molar-refractivity contribution in [1.82, 2.24) is 9.78 Å². The van der Waals surface area contributed by atoms with Gasteiger partial charge in [0.05, 0.1) is 10.8 Å². The summed E-state index contributed by atoms with van der Waals surface area (Å²) in [7, 11) is 0. The molecule has 21 heavy (non-hydrogen) atoms. The Morgan fingerprint density at radius 3 is 2.33 bits per heavy atom. The Morgan fingerprint density at radius 2 is 1.81 bits per heavy atom. The molecule has 0 saturated heterocycles. The van der Waals surface area contributed by atoms with E-state index in [1.807, 2.05) is 0 Å². The van der Waals surface area contributed by atoms with Crippen LogP contribution in [0.1, 0.15) is 20.8 Å². The van der Waals surface area contributed by atoms with Crippen LogP contribution in [0.4, 0.5) is 0 Å². The molecule has 1 atom stereocenters. The van der Waals surface area contributed by atoms with Gasteiger partial charge >= 0.3 is 5.97 Å². The fraction of sp³-hybridized carbons (Fsp3) is 0.267. The molecule has 0 amide bonds. The first-order chi connectivity index (χ1) is 9.77. The van der Waals surface area contributed by atoms with E-state index in [0.717, 1.165) is 4.68 Å². The van der Waals surface area contributed by atoms with Gasteiger partial charge in [-0.05, 0) is 24.6 Å². The van der Waals surface area contributed by atoms with E-state index in [4.69, 9.17) is 4.74 Å². The van der Waals surface area contributed by atoms with Crippen LogP contribution in [0.2, 0.25) is 0 Å². The molecule has 6 heteroatoms. The van der Waals surface area contributed by atoms with Crippen LogP contribution in [0.25, 0.3) is 10.8 Å². The Labute approximate surface area is 120 Å². The van der Waals surface area contributed by atoms with Gasteiger partial charge in [0.15, 0.2) is 0 Å². The Morgan fingerprint density at radius 1 is 1.24 bits per heavy atom. The Kier molecular flexibility index (Phi) is 3.55. The zero-order valence-electron chi connectivity index (χ0n) is 12.1. The third-order valence-electron chi connectivity index (χ3n) is 3.38. The molecule has 1 unspecified atom stereocenters. The van der Waals surface area contributed by atoms with E-state index in [1.165, 1.54) is 13.8 Å². The first-order valence-corrected chi connectivity index (χ1v) is 6.37. The standard InChI is InChI=1S/C15H16N2O4/c1-9(2)15(4,21-10(3)18)17-14(20)12-8-6-5-7-11(12)13(19)16-17/h5-8H,1H2,2-4H3,(H,16,19). The van der Waals surface area contributed by atoms with E-state index in [2.05, 4.69) is 11.7 Å². The highest BCUT2D eigenvalue weighted by Gasteiger charge is 2.33. The topological polar surface area (TPSA) is 81.2 Å². The Bertz CT molecular complexity index is 847. The largest absolute Gasteiger partial charge is 0.433 e. The summed E-state index contributed by atoms with van der Waals surface area (Å²) in [6.45, 7) is 8.09. The molecule has 1 aromatic heterocycles. The monoisotopic (exact) mass is 288 g/mol. The van der Waals surface area contributed by atoms with Crippen LogP contribution in [0.3, 0.4) is 0 Å². The van der Waals surface area contributed by atoms with Crippen LogP contribution >= 0.6 is 0 Å². The lowest BCUT2D eigenvalue weighted by Crippen LogP contribution is -2.46. The summed E-state index contributed by atoms with van der Waals surface area (Å²) in [5.74, 6) is -0.582. The summed E-state index contributed by atoms with van der Waals surface area (Å²) in [4.78, 5) is 36.0. The average Bonchev–Trinajstić information content (AvgIpc) is 2.41. The molecule has 1 heterocycles. The van der Waals surface area contributed by atoms with Crippen molar-refractivity contribution < 1.29 is 9.53 Å². The maximum atomic E-state index is 12.6. The van der Waals surface area contributed by atoms with Gasteiger partial charge in [0, 0.05) is 13.8 Å². The predicted octanol–water partition coefficient (Wildman–Crippen LogP) is 1.50. The van der Waals surface area contributed by atoms with E-state index in [0.29, 0.717) is 5.57 Å². The molecule has 1 aromatic carbocycles. The number of carbonyl (C=O) groups excluding carboxylic acids is 1. The zero-order valence-corrected chi connectivity index (χ0v) is 12.1. The summed E-state index contributed by atoms with van der Waals surface area (Å²) in [5, 5.41) is 2.99. The number of aromatic nitrogens is 2. The lowest BCUT2D eigenvalue weighted by molar-refractivity contribution is -0.162. The van der Waals surface area contributed by atoms with Crippen molar-refractivity contribution in [3.8, 4) is 0 Å². The molecule has 6 nitrogen and oxygen atoms in total. The van der Waals surface area contributed by atoms with Gasteiger partial charge in [-0.15, -0.1) is 0 Å². The Balaban J connectivity index is 2.85. The lowest BCUT2D eigenvalue weighted by atomic mass is 10.1. The molecule has 2 aromatic rings. The number of aromatic amines is 1. The van der Waals surface area contributed by atoms with Gasteiger partial charge in [0.2, 0.25) is 5.72 Å². The van der Waals surface area contributed by atoms with E-state index >= 15 is 0 Å². The minimum absolute atomic E-state index is 0.251. The SMILES string of the molecule is C=C(C)C(C)(OC(C)=O)n1[nH]c(=O)c2ccccc2c1=O. The number of benzene rings is 1. The quantitative estimate of drug-likeness (QED) is 0.685. The number of fused-ring (bicyclic) bond motifs is 1. The summed E-state index contributed by atoms with van der Waals surface area (Å²) in [6.07, 6.45) is 0. The molecule has 0 saturated carbocycles. The molecule has 0 spiro atoms. The van der Waals surface area contributed by atoms with Gasteiger partial charge in [-0.3, -0.25) is 19.5 Å². The second-order valence-electron chi connectivity index (χ2n) is 4.98. The van der Waals surface area contributed by atoms with Crippen molar-refractivity contribution in [2.24, 2.45) is 0 Å². The minimum Gasteiger partial charge on any atom is -0.433 e. The fourth-order valence-electron chi connectivity index (χ4n) is 2.10. The molecule has 0 aliphatic heterocycles. The molecule has 0 aliphatic carbocycles. The van der Waals surface area contributed by atoms with Gasteiger partial charge in [-0.25, -0.2) is 4.68 Å². The van der Waals surface area contributed by atoms with E-state index in [9.17, 15) is 14.4 Å². The van der Waals surface area contributed by atoms with Gasteiger partial charge in [-0.1, -0.05) is 18.7 Å². The van der Waals surface area contributed by atoms with Crippen molar-refractivity contribution in [2.45, 2.75) is 26.5 Å². The van der Waals surface area contributed by atoms with Crippen molar-refractivity contribution in [3.63, 3.8) is 0 Å². The summed E-state index contributed by atoms with van der Waals surface area (Å²) < 4.78 is 6.23. The van der Waals surface area contributed by atoms with Gasteiger partial charge in [0.1, 0.15) is 0 Å². The number of carbonyl (C=O) groups is 1. The highest BCUT2D eigenvalue weighted by atomic mass is 16.6. The first-order valence-electron chi connectivity index (χ1n) is 6.37.